The molecule has 6 nitrogen and oxygen atoms in total. The van der Waals surface area contributed by atoms with Crippen molar-refractivity contribution in [1.82, 2.24) is 4.98 Å². The van der Waals surface area contributed by atoms with E-state index >= 15 is 0 Å². The van der Waals surface area contributed by atoms with E-state index in [1.807, 2.05) is 32.9 Å². The summed E-state index contributed by atoms with van der Waals surface area (Å²) in [5.74, 6) is 0.565. The maximum atomic E-state index is 12.0. The average molecular weight is 380 g/mol. The lowest BCUT2D eigenvalue weighted by atomic mass is 10.0. The molecule has 0 unspecified atom stereocenters. The van der Waals surface area contributed by atoms with E-state index in [0.717, 1.165) is 54.1 Å². The number of nitrogens with zero attached hydrogens (tertiary/aromatic N) is 2. The molecule has 0 saturated heterocycles. The van der Waals surface area contributed by atoms with Crippen LogP contribution in [0.2, 0.25) is 0 Å². The van der Waals surface area contributed by atoms with Gasteiger partial charge in [-0.25, -0.2) is 4.98 Å². The largest absolute Gasteiger partial charge is 0.367 e. The lowest BCUT2D eigenvalue weighted by molar-refractivity contribution is -0.116. The minimum absolute atomic E-state index is 0.0643. The van der Waals surface area contributed by atoms with E-state index < -0.39 is 0 Å². The van der Waals surface area contributed by atoms with E-state index in [-0.39, 0.29) is 11.8 Å². The molecule has 0 aliphatic carbocycles. The monoisotopic (exact) mass is 380 g/mol. The predicted molar refractivity (Wildman–Crippen MR) is 113 cm³/mol. The van der Waals surface area contributed by atoms with Crippen LogP contribution in [0.4, 0.5) is 17.2 Å². The number of amides is 2. The Hall–Kier alpha value is -2.89. The summed E-state index contributed by atoms with van der Waals surface area (Å²) in [4.78, 5) is 30.1. The Kier molecular flexibility index (Phi) is 5.97. The van der Waals surface area contributed by atoms with Gasteiger partial charge in [0.2, 0.25) is 11.8 Å². The number of carbonyl (C=O) groups is 2. The summed E-state index contributed by atoms with van der Waals surface area (Å²) >= 11 is 0. The SMILES string of the molecule is CCCC(=O)Nc1c(C)cc(N2CCc3nc(NC(C)=O)ccc3C2)cc1C. The van der Waals surface area contributed by atoms with E-state index in [9.17, 15) is 9.59 Å². The molecule has 3 rings (SSSR count). The van der Waals surface area contributed by atoms with Gasteiger partial charge in [0.15, 0.2) is 0 Å². The van der Waals surface area contributed by atoms with Gasteiger partial charge >= 0.3 is 0 Å². The number of pyridine rings is 1. The number of aryl methyl sites for hydroxylation is 2. The Labute approximate surface area is 166 Å². The molecule has 1 aromatic heterocycles. The molecule has 0 spiro atoms. The fourth-order valence-corrected chi connectivity index (χ4v) is 3.64. The third-order valence-corrected chi connectivity index (χ3v) is 4.98. The fraction of sp³-hybridized carbons (Fsp3) is 0.409. The number of rotatable bonds is 5. The van der Waals surface area contributed by atoms with E-state index in [4.69, 9.17) is 0 Å². The molecule has 148 valence electrons. The van der Waals surface area contributed by atoms with Crippen LogP contribution in [-0.2, 0) is 22.6 Å². The highest BCUT2D eigenvalue weighted by Crippen LogP contribution is 2.30. The second kappa shape index (κ2) is 8.42. The molecule has 1 aromatic carbocycles. The molecular formula is C22H28N4O2. The Balaban J connectivity index is 1.78. The predicted octanol–water partition coefficient (Wildman–Crippen LogP) is 3.96. The zero-order chi connectivity index (χ0) is 20.3. The van der Waals surface area contributed by atoms with Crippen molar-refractivity contribution in [3.05, 3.63) is 46.6 Å². The van der Waals surface area contributed by atoms with Crippen molar-refractivity contribution in [3.8, 4) is 0 Å². The summed E-state index contributed by atoms with van der Waals surface area (Å²) in [5, 5.41) is 5.79. The third kappa shape index (κ3) is 4.50. The molecule has 2 amide bonds. The van der Waals surface area contributed by atoms with Crippen molar-refractivity contribution in [1.29, 1.82) is 0 Å². The molecule has 0 atom stereocenters. The van der Waals surface area contributed by atoms with Crippen molar-refractivity contribution in [2.75, 3.05) is 22.1 Å². The minimum atomic E-state index is -0.109. The normalized spacial score (nSPS) is 13.1. The number of aromatic nitrogens is 1. The molecule has 0 saturated carbocycles. The number of benzene rings is 1. The van der Waals surface area contributed by atoms with Crippen LogP contribution < -0.4 is 15.5 Å². The zero-order valence-electron chi connectivity index (χ0n) is 17.1. The molecular weight excluding hydrogens is 352 g/mol. The summed E-state index contributed by atoms with van der Waals surface area (Å²) in [6.45, 7) is 9.22. The molecule has 0 bridgehead atoms. The Morgan fingerprint density at radius 2 is 1.86 bits per heavy atom. The summed E-state index contributed by atoms with van der Waals surface area (Å²) in [7, 11) is 0. The average Bonchev–Trinajstić information content (AvgIpc) is 2.64. The molecule has 6 heteroatoms. The van der Waals surface area contributed by atoms with Gasteiger partial charge in [-0.2, -0.15) is 0 Å². The van der Waals surface area contributed by atoms with Gasteiger partial charge in [-0.1, -0.05) is 13.0 Å². The number of carbonyl (C=O) groups excluding carboxylic acids is 2. The van der Waals surface area contributed by atoms with Gasteiger partial charge in [0.25, 0.3) is 0 Å². The first-order valence-electron chi connectivity index (χ1n) is 9.79. The molecule has 1 aliphatic rings. The molecule has 28 heavy (non-hydrogen) atoms. The Morgan fingerprint density at radius 3 is 2.50 bits per heavy atom. The van der Waals surface area contributed by atoms with Crippen LogP contribution in [0.1, 0.15) is 49.1 Å². The number of hydrogen-bond acceptors (Lipinski definition) is 4. The maximum absolute atomic E-state index is 12.0. The van der Waals surface area contributed by atoms with Crippen molar-refractivity contribution in [3.63, 3.8) is 0 Å². The minimum Gasteiger partial charge on any atom is -0.367 e. The van der Waals surface area contributed by atoms with Crippen LogP contribution >= 0.6 is 0 Å². The van der Waals surface area contributed by atoms with Gasteiger partial charge in [0.1, 0.15) is 5.82 Å². The summed E-state index contributed by atoms with van der Waals surface area (Å²) < 4.78 is 0. The van der Waals surface area contributed by atoms with Crippen molar-refractivity contribution in [2.24, 2.45) is 0 Å². The van der Waals surface area contributed by atoms with E-state index in [2.05, 4.69) is 32.7 Å². The number of anilines is 3. The van der Waals surface area contributed by atoms with E-state index in [1.165, 1.54) is 12.5 Å². The van der Waals surface area contributed by atoms with Gasteiger partial charge in [-0.05, 0) is 55.2 Å². The van der Waals surface area contributed by atoms with E-state index in [1.54, 1.807) is 0 Å². The molecule has 2 heterocycles. The first-order chi connectivity index (χ1) is 13.4. The quantitative estimate of drug-likeness (QED) is 0.823. The van der Waals surface area contributed by atoms with Crippen LogP contribution in [0.15, 0.2) is 24.3 Å². The summed E-state index contributed by atoms with van der Waals surface area (Å²) in [6.07, 6.45) is 2.21. The summed E-state index contributed by atoms with van der Waals surface area (Å²) in [5.41, 5.74) is 6.44. The Morgan fingerprint density at radius 1 is 1.14 bits per heavy atom. The number of nitrogens with one attached hydrogen (secondary N) is 2. The molecule has 0 fully saturated rings. The third-order valence-electron chi connectivity index (χ3n) is 4.98. The Bertz CT molecular complexity index is 884. The van der Waals surface area contributed by atoms with Gasteiger partial charge < -0.3 is 15.5 Å². The van der Waals surface area contributed by atoms with Crippen LogP contribution in [-0.4, -0.2) is 23.3 Å². The van der Waals surface area contributed by atoms with E-state index in [0.29, 0.717) is 12.2 Å². The second-order valence-corrected chi connectivity index (χ2v) is 7.41. The maximum Gasteiger partial charge on any atom is 0.224 e. The topological polar surface area (TPSA) is 74.3 Å². The lowest BCUT2D eigenvalue weighted by Crippen LogP contribution is -2.31. The molecule has 2 N–H and O–H groups in total. The van der Waals surface area contributed by atoms with Gasteiger partial charge in [-0.3, -0.25) is 9.59 Å². The van der Waals surface area contributed by atoms with Crippen LogP contribution in [0.3, 0.4) is 0 Å². The smallest absolute Gasteiger partial charge is 0.224 e. The van der Waals surface area contributed by atoms with Gasteiger partial charge in [0.05, 0.1) is 0 Å². The summed E-state index contributed by atoms with van der Waals surface area (Å²) in [6, 6.07) is 8.17. The van der Waals surface area contributed by atoms with Crippen molar-refractivity contribution in [2.45, 2.75) is 53.5 Å². The van der Waals surface area contributed by atoms with Crippen LogP contribution in [0, 0.1) is 13.8 Å². The van der Waals surface area contributed by atoms with Crippen LogP contribution in [0.25, 0.3) is 0 Å². The van der Waals surface area contributed by atoms with Gasteiger partial charge in [-0.15, -0.1) is 0 Å². The highest BCUT2D eigenvalue weighted by molar-refractivity contribution is 5.92. The number of fused-ring (bicyclic) bond motifs is 1. The first-order valence-corrected chi connectivity index (χ1v) is 9.79. The second-order valence-electron chi connectivity index (χ2n) is 7.41. The molecule has 2 aromatic rings. The first kappa shape index (κ1) is 19.9. The molecule has 0 radical (unpaired) electrons. The van der Waals surface area contributed by atoms with Crippen molar-refractivity contribution < 1.29 is 9.59 Å². The highest BCUT2D eigenvalue weighted by Gasteiger charge is 2.20. The van der Waals surface area contributed by atoms with Crippen molar-refractivity contribution >= 4 is 29.0 Å². The fourth-order valence-electron chi connectivity index (χ4n) is 3.64. The van der Waals surface area contributed by atoms with Gasteiger partial charge in [0, 0.05) is 49.9 Å². The highest BCUT2D eigenvalue weighted by atomic mass is 16.2. The van der Waals surface area contributed by atoms with Crippen LogP contribution in [0.5, 0.6) is 0 Å². The molecule has 1 aliphatic heterocycles. The zero-order valence-corrected chi connectivity index (χ0v) is 17.1. The standard InChI is InChI=1S/C22H28N4O2/c1-5-6-21(28)25-22-14(2)11-18(12-15(22)3)26-10-9-19-17(13-26)7-8-20(24-19)23-16(4)27/h7-8,11-12H,5-6,9-10,13H2,1-4H3,(H,25,28)(H,23,24,27). The number of hydrogen-bond donors (Lipinski definition) is 2. The lowest BCUT2D eigenvalue weighted by Gasteiger charge is -2.31.